The maximum Gasteiger partial charge on any atom is 0.261 e. The Morgan fingerprint density at radius 3 is 2.95 bits per heavy atom. The third-order valence-corrected chi connectivity index (χ3v) is 5.61. The van der Waals surface area contributed by atoms with E-state index in [1.807, 2.05) is 0 Å². The van der Waals surface area contributed by atoms with E-state index in [0.717, 1.165) is 4.88 Å². The van der Waals surface area contributed by atoms with Gasteiger partial charge in [-0.25, -0.2) is 8.42 Å². The van der Waals surface area contributed by atoms with Gasteiger partial charge in [0.25, 0.3) is 5.91 Å². The number of aliphatic hydroxyl groups is 1. The number of hydrogen-bond donors (Lipinski definition) is 2. The Morgan fingerprint density at radius 1 is 1.50 bits per heavy atom. The number of hydrogen-bond acceptors (Lipinski definition) is 5. The summed E-state index contributed by atoms with van der Waals surface area (Å²) < 4.78 is 22.6. The van der Waals surface area contributed by atoms with Crippen molar-refractivity contribution in [1.82, 2.24) is 5.32 Å². The molecule has 1 amide bonds. The van der Waals surface area contributed by atoms with Crippen molar-refractivity contribution in [2.45, 2.75) is 18.9 Å². The second-order valence-electron chi connectivity index (χ2n) is 4.51. The van der Waals surface area contributed by atoms with Crippen molar-refractivity contribution >= 4 is 27.1 Å². The summed E-state index contributed by atoms with van der Waals surface area (Å²) >= 11 is 1.26. The standard InChI is InChI=1S/C13H15NO4S2/c15-7-2-1-3-11-4-5-12(19-11)13(16)14-10-6-8-20(17,18)9-10/h4-5,10,15H,2,6-9H2,(H,14,16). The first-order valence-corrected chi connectivity index (χ1v) is 8.85. The van der Waals surface area contributed by atoms with E-state index in [-0.39, 0.29) is 30.1 Å². The Kier molecular flexibility index (Phi) is 4.81. The summed E-state index contributed by atoms with van der Waals surface area (Å²) in [4.78, 5) is 13.2. The molecule has 7 heteroatoms. The molecule has 0 radical (unpaired) electrons. The van der Waals surface area contributed by atoms with Crippen molar-refractivity contribution in [1.29, 1.82) is 0 Å². The summed E-state index contributed by atoms with van der Waals surface area (Å²) in [5.41, 5.74) is 0. The van der Waals surface area contributed by atoms with Crippen LogP contribution in [0.15, 0.2) is 12.1 Å². The molecule has 1 atom stereocenters. The Labute approximate surface area is 121 Å². The van der Waals surface area contributed by atoms with Crippen LogP contribution in [0.25, 0.3) is 0 Å². The van der Waals surface area contributed by atoms with Crippen LogP contribution < -0.4 is 5.32 Å². The number of amides is 1. The van der Waals surface area contributed by atoms with Crippen LogP contribution in [0.5, 0.6) is 0 Å². The van der Waals surface area contributed by atoms with Crippen LogP contribution in [-0.4, -0.2) is 43.6 Å². The molecule has 108 valence electrons. The van der Waals surface area contributed by atoms with E-state index in [1.165, 1.54) is 11.3 Å². The van der Waals surface area contributed by atoms with Crippen molar-refractivity contribution in [3.8, 4) is 11.8 Å². The van der Waals surface area contributed by atoms with Gasteiger partial charge in [-0.05, 0) is 18.6 Å². The van der Waals surface area contributed by atoms with Crippen LogP contribution >= 0.6 is 11.3 Å². The van der Waals surface area contributed by atoms with E-state index in [9.17, 15) is 13.2 Å². The number of sulfone groups is 1. The largest absolute Gasteiger partial charge is 0.395 e. The topological polar surface area (TPSA) is 83.5 Å². The Balaban J connectivity index is 1.95. The van der Waals surface area contributed by atoms with Gasteiger partial charge >= 0.3 is 0 Å². The van der Waals surface area contributed by atoms with E-state index in [4.69, 9.17) is 5.11 Å². The molecule has 1 aliphatic rings. The van der Waals surface area contributed by atoms with Gasteiger partial charge in [-0.1, -0.05) is 11.8 Å². The summed E-state index contributed by atoms with van der Waals surface area (Å²) in [7, 11) is -2.99. The summed E-state index contributed by atoms with van der Waals surface area (Å²) in [6.45, 7) is 0.0157. The van der Waals surface area contributed by atoms with Crippen molar-refractivity contribution in [2.24, 2.45) is 0 Å². The maximum atomic E-state index is 12.0. The minimum Gasteiger partial charge on any atom is -0.395 e. The molecule has 0 bridgehead atoms. The molecular formula is C13H15NO4S2. The number of nitrogens with one attached hydrogen (secondary N) is 1. The van der Waals surface area contributed by atoms with Gasteiger partial charge in [0.05, 0.1) is 27.9 Å². The number of thiophene rings is 1. The molecule has 2 rings (SSSR count). The zero-order chi connectivity index (χ0) is 14.6. The average molecular weight is 313 g/mol. The van der Waals surface area contributed by atoms with E-state index in [2.05, 4.69) is 17.2 Å². The minimum atomic E-state index is -2.99. The third kappa shape index (κ3) is 4.07. The van der Waals surface area contributed by atoms with Crippen LogP contribution in [0.1, 0.15) is 27.4 Å². The van der Waals surface area contributed by atoms with Crippen molar-refractivity contribution in [2.75, 3.05) is 18.1 Å². The summed E-state index contributed by atoms with van der Waals surface area (Å²) in [6.07, 6.45) is 0.877. The van der Waals surface area contributed by atoms with E-state index >= 15 is 0 Å². The predicted molar refractivity (Wildman–Crippen MR) is 77.4 cm³/mol. The van der Waals surface area contributed by atoms with Crippen LogP contribution in [0.2, 0.25) is 0 Å². The quantitative estimate of drug-likeness (QED) is 0.791. The normalized spacial score (nSPS) is 20.1. The Hall–Kier alpha value is -1.36. The highest BCUT2D eigenvalue weighted by Crippen LogP contribution is 2.17. The highest BCUT2D eigenvalue weighted by atomic mass is 32.2. The molecule has 1 fully saturated rings. The van der Waals surface area contributed by atoms with E-state index in [1.54, 1.807) is 12.1 Å². The fourth-order valence-corrected chi connectivity index (χ4v) is 4.36. The van der Waals surface area contributed by atoms with Crippen LogP contribution in [0.4, 0.5) is 0 Å². The molecule has 2 heterocycles. The van der Waals surface area contributed by atoms with Gasteiger partial charge in [0, 0.05) is 12.5 Å². The summed E-state index contributed by atoms with van der Waals surface area (Å²) in [5, 5.41) is 11.4. The molecule has 20 heavy (non-hydrogen) atoms. The lowest BCUT2D eigenvalue weighted by Crippen LogP contribution is -2.35. The van der Waals surface area contributed by atoms with E-state index < -0.39 is 9.84 Å². The monoisotopic (exact) mass is 313 g/mol. The van der Waals surface area contributed by atoms with Crippen molar-refractivity contribution in [3.05, 3.63) is 21.9 Å². The first kappa shape index (κ1) is 15.0. The molecule has 5 nitrogen and oxygen atoms in total. The number of rotatable bonds is 3. The zero-order valence-corrected chi connectivity index (χ0v) is 12.4. The summed E-state index contributed by atoms with van der Waals surface area (Å²) in [5.74, 6) is 5.55. The zero-order valence-electron chi connectivity index (χ0n) is 10.8. The molecule has 1 unspecified atom stereocenters. The van der Waals surface area contributed by atoms with Crippen molar-refractivity contribution < 1.29 is 18.3 Å². The fraction of sp³-hybridized carbons (Fsp3) is 0.462. The molecule has 0 aliphatic carbocycles. The van der Waals surface area contributed by atoms with Gasteiger partial charge in [-0.2, -0.15) is 0 Å². The molecule has 1 aliphatic heterocycles. The summed E-state index contributed by atoms with van der Waals surface area (Å²) in [6, 6.07) is 3.13. The van der Waals surface area contributed by atoms with Gasteiger partial charge in [0.15, 0.2) is 9.84 Å². The molecule has 0 spiro atoms. The lowest BCUT2D eigenvalue weighted by Gasteiger charge is -2.08. The number of carbonyl (C=O) groups is 1. The molecule has 0 aromatic carbocycles. The second-order valence-corrected chi connectivity index (χ2v) is 7.83. The van der Waals surface area contributed by atoms with Gasteiger partial charge in [-0.15, -0.1) is 11.3 Å². The first-order valence-electron chi connectivity index (χ1n) is 6.21. The molecule has 0 saturated carbocycles. The lowest BCUT2D eigenvalue weighted by atomic mass is 10.2. The third-order valence-electron chi connectivity index (χ3n) is 2.85. The van der Waals surface area contributed by atoms with Gasteiger partial charge in [-0.3, -0.25) is 4.79 Å². The molecule has 1 aromatic rings. The highest BCUT2D eigenvalue weighted by Gasteiger charge is 2.29. The Bertz CT molecular complexity index is 651. The molecule has 1 saturated heterocycles. The maximum absolute atomic E-state index is 12.0. The predicted octanol–water partition coefficient (Wildman–Crippen LogP) is 0.399. The smallest absolute Gasteiger partial charge is 0.261 e. The van der Waals surface area contributed by atoms with Crippen LogP contribution in [0.3, 0.4) is 0 Å². The average Bonchev–Trinajstić information content (AvgIpc) is 2.97. The van der Waals surface area contributed by atoms with Gasteiger partial charge in [0.1, 0.15) is 0 Å². The first-order chi connectivity index (χ1) is 9.50. The van der Waals surface area contributed by atoms with E-state index in [0.29, 0.717) is 17.7 Å². The van der Waals surface area contributed by atoms with Crippen LogP contribution in [0, 0.1) is 11.8 Å². The molecule has 2 N–H and O–H groups in total. The van der Waals surface area contributed by atoms with Gasteiger partial charge < -0.3 is 10.4 Å². The highest BCUT2D eigenvalue weighted by molar-refractivity contribution is 7.91. The van der Waals surface area contributed by atoms with Crippen LogP contribution in [-0.2, 0) is 9.84 Å². The minimum absolute atomic E-state index is 0.0157. The molecular weight excluding hydrogens is 298 g/mol. The number of carbonyl (C=O) groups excluding carboxylic acids is 1. The molecule has 1 aromatic heterocycles. The fourth-order valence-electron chi connectivity index (χ4n) is 1.90. The Morgan fingerprint density at radius 2 is 2.30 bits per heavy atom. The van der Waals surface area contributed by atoms with Crippen molar-refractivity contribution in [3.63, 3.8) is 0 Å². The van der Waals surface area contributed by atoms with Gasteiger partial charge in [0.2, 0.25) is 0 Å². The second kappa shape index (κ2) is 6.39. The SMILES string of the molecule is O=C(NC1CCS(=O)(=O)C1)c1ccc(C#CCCO)s1. The lowest BCUT2D eigenvalue weighted by molar-refractivity contribution is 0.0945. The number of aliphatic hydroxyl groups excluding tert-OH is 1.